The van der Waals surface area contributed by atoms with Gasteiger partial charge in [-0.05, 0) is 23.8 Å². The number of nitrogens with zero attached hydrogens (tertiary/aromatic N) is 4. The van der Waals surface area contributed by atoms with E-state index in [0.717, 1.165) is 5.69 Å². The first kappa shape index (κ1) is 19.6. The molecule has 0 aliphatic heterocycles. The molecule has 3 rings (SSSR count). The van der Waals surface area contributed by atoms with E-state index in [0.29, 0.717) is 17.7 Å². The van der Waals surface area contributed by atoms with E-state index in [2.05, 4.69) is 10.2 Å². The second-order valence-corrected chi connectivity index (χ2v) is 6.45. The predicted octanol–water partition coefficient (Wildman–Crippen LogP) is 2.89. The molecule has 0 atom stereocenters. The molecule has 2 heterocycles. The third kappa shape index (κ3) is 4.74. The van der Waals surface area contributed by atoms with E-state index in [1.807, 2.05) is 19.3 Å². The Hall–Kier alpha value is -3.20. The summed E-state index contributed by atoms with van der Waals surface area (Å²) < 4.78 is 22.5. The third-order valence-corrected chi connectivity index (χ3v) is 4.10. The lowest BCUT2D eigenvalue weighted by Crippen LogP contribution is -2.11. The lowest BCUT2D eigenvalue weighted by atomic mass is 10.1. The van der Waals surface area contributed by atoms with Crippen LogP contribution >= 0.6 is 11.6 Å². The predicted molar refractivity (Wildman–Crippen MR) is 97.4 cm³/mol. The molecule has 8 nitrogen and oxygen atoms in total. The summed E-state index contributed by atoms with van der Waals surface area (Å²) in [6.07, 6.45) is 4.34. The van der Waals surface area contributed by atoms with Gasteiger partial charge in [-0.3, -0.25) is 19.0 Å². The first-order valence-electron chi connectivity index (χ1n) is 8.24. The number of carboxylic acid groups (broad SMARTS) is 1. The molecule has 0 radical (unpaired) electrons. The zero-order chi connectivity index (χ0) is 20.3. The zero-order valence-electron chi connectivity index (χ0n) is 14.8. The zero-order valence-corrected chi connectivity index (χ0v) is 15.6. The van der Waals surface area contributed by atoms with Crippen molar-refractivity contribution in [2.24, 2.45) is 7.05 Å². The second-order valence-electron chi connectivity index (χ2n) is 6.05. The van der Waals surface area contributed by atoms with Gasteiger partial charge in [-0.25, -0.2) is 4.39 Å². The lowest BCUT2D eigenvalue weighted by Gasteiger charge is -2.08. The Morgan fingerprint density at radius 3 is 2.75 bits per heavy atom. The number of carbonyl (C=O) groups excluding carboxylic acids is 1. The summed E-state index contributed by atoms with van der Waals surface area (Å²) in [6, 6.07) is 4.58. The summed E-state index contributed by atoms with van der Waals surface area (Å²) in [4.78, 5) is 22.2. The van der Waals surface area contributed by atoms with Gasteiger partial charge >= 0.3 is 11.9 Å². The highest BCUT2D eigenvalue weighted by Crippen LogP contribution is 2.32. The van der Waals surface area contributed by atoms with Crippen molar-refractivity contribution in [3.05, 3.63) is 53.3 Å². The van der Waals surface area contributed by atoms with E-state index in [-0.39, 0.29) is 17.2 Å². The van der Waals surface area contributed by atoms with Crippen LogP contribution in [0.5, 0.6) is 5.75 Å². The molecule has 1 N–H and O–H groups in total. The van der Waals surface area contributed by atoms with Crippen molar-refractivity contribution < 1.29 is 23.8 Å². The Bertz CT molecular complexity index is 1030. The largest absolute Gasteiger partial charge is 0.481 e. The molecule has 146 valence electrons. The lowest BCUT2D eigenvalue weighted by molar-refractivity contribution is -0.142. The summed E-state index contributed by atoms with van der Waals surface area (Å²) in [5.74, 6) is -3.27. The molecule has 0 saturated heterocycles. The minimum absolute atomic E-state index is 0.226. The van der Waals surface area contributed by atoms with Crippen LogP contribution in [0, 0.1) is 5.82 Å². The van der Waals surface area contributed by atoms with Crippen molar-refractivity contribution in [2.45, 2.75) is 19.4 Å². The Morgan fingerprint density at radius 2 is 2.07 bits per heavy atom. The SMILES string of the molecule is Cn1ccc(Cn2cc(-c3cc(Cl)c(F)c(OC(=O)CCC(=O)O)c3)cn2)n1. The number of esters is 1. The van der Waals surface area contributed by atoms with Gasteiger partial charge in [-0.15, -0.1) is 0 Å². The van der Waals surface area contributed by atoms with Crippen LogP contribution in [0.3, 0.4) is 0 Å². The molecule has 0 bridgehead atoms. The summed E-state index contributed by atoms with van der Waals surface area (Å²) in [7, 11) is 1.82. The van der Waals surface area contributed by atoms with Gasteiger partial charge < -0.3 is 9.84 Å². The highest BCUT2D eigenvalue weighted by Gasteiger charge is 2.17. The summed E-state index contributed by atoms with van der Waals surface area (Å²) in [5.41, 5.74) is 1.96. The molecule has 0 aliphatic rings. The summed E-state index contributed by atoms with van der Waals surface area (Å²) in [6.45, 7) is 0.451. The molecular formula is C18H16ClFN4O4. The molecule has 0 aliphatic carbocycles. The molecule has 0 spiro atoms. The van der Waals surface area contributed by atoms with E-state index in [4.69, 9.17) is 21.4 Å². The van der Waals surface area contributed by atoms with Crippen LogP contribution in [0.1, 0.15) is 18.5 Å². The molecule has 0 amide bonds. The number of benzene rings is 1. The maximum absolute atomic E-state index is 14.2. The Balaban J connectivity index is 1.79. The normalized spacial score (nSPS) is 10.8. The van der Waals surface area contributed by atoms with Crippen molar-refractivity contribution in [1.82, 2.24) is 19.6 Å². The average Bonchev–Trinajstić information content (AvgIpc) is 3.26. The Labute approximate surface area is 164 Å². The number of aryl methyl sites for hydroxylation is 1. The molecular weight excluding hydrogens is 391 g/mol. The highest BCUT2D eigenvalue weighted by molar-refractivity contribution is 6.31. The molecule has 2 aromatic heterocycles. The Kier molecular flexibility index (Phi) is 5.74. The van der Waals surface area contributed by atoms with E-state index >= 15 is 0 Å². The number of hydrogen-bond donors (Lipinski definition) is 1. The fourth-order valence-electron chi connectivity index (χ4n) is 2.50. The second kappa shape index (κ2) is 8.22. The first-order valence-corrected chi connectivity index (χ1v) is 8.62. The average molecular weight is 407 g/mol. The highest BCUT2D eigenvalue weighted by atomic mass is 35.5. The van der Waals surface area contributed by atoms with Crippen LogP contribution in [-0.2, 0) is 23.2 Å². The number of rotatable bonds is 7. The maximum Gasteiger partial charge on any atom is 0.311 e. The van der Waals surface area contributed by atoms with E-state index < -0.39 is 24.2 Å². The standard InChI is InChI=1S/C18H16ClFN4O4/c1-23-5-4-13(22-23)10-24-9-12(8-21-24)11-6-14(19)18(20)15(7-11)28-17(27)3-2-16(25)26/h4-9H,2-3,10H2,1H3,(H,25,26). The van der Waals surface area contributed by atoms with Crippen molar-refractivity contribution in [3.8, 4) is 16.9 Å². The van der Waals surface area contributed by atoms with Gasteiger partial charge in [0.05, 0.1) is 36.3 Å². The first-order chi connectivity index (χ1) is 13.3. The number of carboxylic acids is 1. The number of ether oxygens (including phenoxy) is 1. The van der Waals surface area contributed by atoms with Crippen LogP contribution in [-0.4, -0.2) is 36.6 Å². The van der Waals surface area contributed by atoms with Gasteiger partial charge in [0.1, 0.15) is 0 Å². The molecule has 3 aromatic rings. The topological polar surface area (TPSA) is 99.2 Å². The summed E-state index contributed by atoms with van der Waals surface area (Å²) in [5, 5.41) is 16.9. The minimum Gasteiger partial charge on any atom is -0.481 e. The quantitative estimate of drug-likeness (QED) is 0.478. The van der Waals surface area contributed by atoms with E-state index in [1.54, 1.807) is 21.8 Å². The number of aliphatic carboxylic acids is 1. The molecule has 0 fully saturated rings. The minimum atomic E-state index is -1.15. The van der Waals surface area contributed by atoms with E-state index in [1.165, 1.54) is 12.1 Å². The number of hydrogen-bond acceptors (Lipinski definition) is 5. The number of carbonyl (C=O) groups is 2. The van der Waals surface area contributed by atoms with Crippen LogP contribution in [0.25, 0.3) is 11.1 Å². The van der Waals surface area contributed by atoms with Crippen LogP contribution in [0.4, 0.5) is 4.39 Å². The van der Waals surface area contributed by atoms with Gasteiger partial charge in [0.15, 0.2) is 11.6 Å². The van der Waals surface area contributed by atoms with Crippen molar-refractivity contribution in [1.29, 1.82) is 0 Å². The fourth-order valence-corrected chi connectivity index (χ4v) is 2.71. The molecule has 28 heavy (non-hydrogen) atoms. The third-order valence-electron chi connectivity index (χ3n) is 3.82. The van der Waals surface area contributed by atoms with Crippen molar-refractivity contribution >= 4 is 23.5 Å². The molecule has 0 saturated carbocycles. The van der Waals surface area contributed by atoms with Gasteiger partial charge in [-0.1, -0.05) is 11.6 Å². The monoisotopic (exact) mass is 406 g/mol. The Morgan fingerprint density at radius 1 is 1.29 bits per heavy atom. The van der Waals surface area contributed by atoms with Crippen LogP contribution < -0.4 is 4.74 Å². The van der Waals surface area contributed by atoms with Gasteiger partial charge in [0.2, 0.25) is 0 Å². The van der Waals surface area contributed by atoms with Crippen LogP contribution in [0.15, 0.2) is 36.8 Å². The van der Waals surface area contributed by atoms with Crippen molar-refractivity contribution in [2.75, 3.05) is 0 Å². The van der Waals surface area contributed by atoms with Gasteiger partial charge in [0.25, 0.3) is 0 Å². The molecule has 10 heteroatoms. The van der Waals surface area contributed by atoms with Crippen LogP contribution in [0.2, 0.25) is 5.02 Å². The van der Waals surface area contributed by atoms with Crippen molar-refractivity contribution in [3.63, 3.8) is 0 Å². The van der Waals surface area contributed by atoms with Gasteiger partial charge in [-0.2, -0.15) is 10.2 Å². The molecule has 0 unspecified atom stereocenters. The fraction of sp³-hybridized carbons (Fsp3) is 0.222. The summed E-state index contributed by atoms with van der Waals surface area (Å²) >= 11 is 5.92. The number of aromatic nitrogens is 4. The van der Waals surface area contributed by atoms with E-state index in [9.17, 15) is 14.0 Å². The maximum atomic E-state index is 14.2. The number of halogens is 2. The van der Waals surface area contributed by atoms with Gasteiger partial charge in [0, 0.05) is 25.0 Å². The smallest absolute Gasteiger partial charge is 0.311 e. The molecule has 1 aromatic carbocycles.